The third-order valence-electron chi connectivity index (χ3n) is 4.02. The number of hydrogen-bond donors (Lipinski definition) is 1. The van der Waals surface area contributed by atoms with Gasteiger partial charge in [0, 0.05) is 17.0 Å². The second-order valence-corrected chi connectivity index (χ2v) is 4.90. The van der Waals surface area contributed by atoms with Crippen molar-refractivity contribution in [3.8, 4) is 11.5 Å². The third kappa shape index (κ3) is 2.27. The average molecular weight is 264 g/mol. The number of hydrogen-bond acceptors (Lipinski definition) is 4. The van der Waals surface area contributed by atoms with Crippen LogP contribution in [-0.2, 0) is 14.9 Å². The molecule has 1 aliphatic rings. The maximum absolute atomic E-state index is 11.9. The lowest BCUT2D eigenvalue weighted by Gasteiger charge is -2.17. The SMILES string of the molecule is CCOC(=O)C1CC1(CC)c1ccc(OC)cc1O. The van der Waals surface area contributed by atoms with Crippen molar-refractivity contribution in [1.82, 2.24) is 0 Å². The number of aromatic hydroxyl groups is 1. The third-order valence-corrected chi connectivity index (χ3v) is 4.02. The molecule has 0 amide bonds. The summed E-state index contributed by atoms with van der Waals surface area (Å²) in [6, 6.07) is 5.25. The molecule has 19 heavy (non-hydrogen) atoms. The van der Waals surface area contributed by atoms with Gasteiger partial charge in [0.1, 0.15) is 11.5 Å². The van der Waals surface area contributed by atoms with Crippen molar-refractivity contribution in [2.75, 3.05) is 13.7 Å². The fourth-order valence-electron chi connectivity index (χ4n) is 2.80. The van der Waals surface area contributed by atoms with Gasteiger partial charge in [-0.2, -0.15) is 0 Å². The summed E-state index contributed by atoms with van der Waals surface area (Å²) in [7, 11) is 1.56. The maximum atomic E-state index is 11.9. The van der Waals surface area contributed by atoms with Crippen molar-refractivity contribution in [2.45, 2.75) is 32.1 Å². The predicted octanol–water partition coefficient (Wildman–Crippen LogP) is 2.63. The fourth-order valence-corrected chi connectivity index (χ4v) is 2.80. The zero-order chi connectivity index (χ0) is 14.0. The standard InChI is InChI=1S/C15H20O4/c1-4-15(9-12(15)14(17)19-5-2)11-7-6-10(18-3)8-13(11)16/h6-8,12,16H,4-5,9H2,1-3H3. The molecule has 1 fully saturated rings. The Kier molecular flexibility index (Phi) is 3.69. The molecular weight excluding hydrogens is 244 g/mol. The van der Waals surface area contributed by atoms with Gasteiger partial charge >= 0.3 is 5.97 Å². The minimum absolute atomic E-state index is 0.142. The summed E-state index contributed by atoms with van der Waals surface area (Å²) >= 11 is 0. The van der Waals surface area contributed by atoms with Gasteiger partial charge in [0.2, 0.25) is 0 Å². The highest BCUT2D eigenvalue weighted by Gasteiger charge is 2.59. The van der Waals surface area contributed by atoms with Crippen LogP contribution in [0.25, 0.3) is 0 Å². The van der Waals surface area contributed by atoms with E-state index in [0.717, 1.165) is 18.4 Å². The van der Waals surface area contributed by atoms with Gasteiger partial charge in [-0.25, -0.2) is 0 Å². The molecule has 0 radical (unpaired) electrons. The summed E-state index contributed by atoms with van der Waals surface area (Å²) in [5.74, 6) is 0.491. The molecule has 1 N–H and O–H groups in total. The highest BCUT2D eigenvalue weighted by molar-refractivity contribution is 5.79. The van der Waals surface area contributed by atoms with Gasteiger partial charge in [-0.3, -0.25) is 4.79 Å². The molecule has 2 unspecified atom stereocenters. The van der Waals surface area contributed by atoms with E-state index in [1.54, 1.807) is 20.1 Å². The highest BCUT2D eigenvalue weighted by Crippen LogP contribution is 2.59. The summed E-state index contributed by atoms with van der Waals surface area (Å²) in [6.07, 6.45) is 1.54. The topological polar surface area (TPSA) is 55.8 Å². The Morgan fingerprint density at radius 1 is 1.47 bits per heavy atom. The first-order valence-electron chi connectivity index (χ1n) is 6.63. The van der Waals surface area contributed by atoms with Crippen molar-refractivity contribution in [2.24, 2.45) is 5.92 Å². The molecule has 1 aliphatic carbocycles. The number of phenolic OH excluding ortho intramolecular Hbond substituents is 1. The van der Waals surface area contributed by atoms with Crippen molar-refractivity contribution in [3.63, 3.8) is 0 Å². The minimum atomic E-state index is -0.275. The second-order valence-electron chi connectivity index (χ2n) is 4.90. The zero-order valence-electron chi connectivity index (χ0n) is 11.6. The lowest BCUT2D eigenvalue weighted by atomic mass is 9.89. The molecule has 1 aromatic carbocycles. The Hall–Kier alpha value is -1.71. The molecule has 0 saturated heterocycles. The number of rotatable bonds is 5. The van der Waals surface area contributed by atoms with Crippen LogP contribution in [0.3, 0.4) is 0 Å². The number of phenols is 1. The van der Waals surface area contributed by atoms with Gasteiger partial charge in [0.05, 0.1) is 19.6 Å². The molecule has 0 bridgehead atoms. The Balaban J connectivity index is 2.27. The van der Waals surface area contributed by atoms with E-state index in [0.29, 0.717) is 12.4 Å². The van der Waals surface area contributed by atoms with Gasteiger partial charge < -0.3 is 14.6 Å². The van der Waals surface area contributed by atoms with Crippen molar-refractivity contribution < 1.29 is 19.4 Å². The van der Waals surface area contributed by atoms with E-state index >= 15 is 0 Å². The summed E-state index contributed by atoms with van der Waals surface area (Å²) < 4.78 is 10.2. The summed E-state index contributed by atoms with van der Waals surface area (Å²) in [5.41, 5.74) is 0.539. The Bertz CT molecular complexity index is 483. The smallest absolute Gasteiger partial charge is 0.309 e. The monoisotopic (exact) mass is 264 g/mol. The van der Waals surface area contributed by atoms with E-state index in [2.05, 4.69) is 0 Å². The molecule has 0 aliphatic heterocycles. The lowest BCUT2D eigenvalue weighted by molar-refractivity contribution is -0.145. The highest BCUT2D eigenvalue weighted by atomic mass is 16.5. The molecule has 0 spiro atoms. The van der Waals surface area contributed by atoms with Crippen LogP contribution in [0.4, 0.5) is 0 Å². The Morgan fingerprint density at radius 2 is 2.21 bits per heavy atom. The van der Waals surface area contributed by atoms with Gasteiger partial charge in [0.25, 0.3) is 0 Å². The summed E-state index contributed by atoms with van der Waals surface area (Å²) in [5, 5.41) is 10.1. The summed E-state index contributed by atoms with van der Waals surface area (Å²) in [4.78, 5) is 11.9. The molecular formula is C15H20O4. The average Bonchev–Trinajstić information content (AvgIpc) is 3.14. The molecule has 4 heteroatoms. The van der Waals surface area contributed by atoms with E-state index in [9.17, 15) is 9.90 Å². The molecule has 104 valence electrons. The second kappa shape index (κ2) is 5.11. The van der Waals surface area contributed by atoms with Crippen LogP contribution in [0.5, 0.6) is 11.5 Å². The van der Waals surface area contributed by atoms with E-state index in [4.69, 9.17) is 9.47 Å². The van der Waals surface area contributed by atoms with E-state index in [1.807, 2.05) is 19.1 Å². The van der Waals surface area contributed by atoms with Crippen molar-refractivity contribution in [3.05, 3.63) is 23.8 Å². The van der Waals surface area contributed by atoms with Gasteiger partial charge in [0.15, 0.2) is 0 Å². The lowest BCUT2D eigenvalue weighted by Crippen LogP contribution is -2.17. The first kappa shape index (κ1) is 13.7. The van der Waals surface area contributed by atoms with Crippen LogP contribution in [-0.4, -0.2) is 24.8 Å². The summed E-state index contributed by atoms with van der Waals surface area (Å²) in [6.45, 7) is 4.23. The van der Waals surface area contributed by atoms with Gasteiger partial charge in [-0.05, 0) is 25.8 Å². The van der Waals surface area contributed by atoms with Crippen LogP contribution in [0.1, 0.15) is 32.3 Å². The Labute approximate surface area is 113 Å². The zero-order valence-corrected chi connectivity index (χ0v) is 11.6. The first-order valence-corrected chi connectivity index (χ1v) is 6.63. The quantitative estimate of drug-likeness (QED) is 0.831. The van der Waals surface area contributed by atoms with Crippen molar-refractivity contribution >= 4 is 5.97 Å². The molecule has 1 aromatic rings. The van der Waals surface area contributed by atoms with Crippen LogP contribution in [0.15, 0.2) is 18.2 Å². The molecule has 1 saturated carbocycles. The van der Waals surface area contributed by atoms with Gasteiger partial charge in [-0.15, -0.1) is 0 Å². The Morgan fingerprint density at radius 3 is 2.74 bits per heavy atom. The number of esters is 1. The first-order chi connectivity index (χ1) is 9.08. The minimum Gasteiger partial charge on any atom is -0.508 e. The maximum Gasteiger partial charge on any atom is 0.309 e. The van der Waals surface area contributed by atoms with Crippen LogP contribution in [0.2, 0.25) is 0 Å². The number of ether oxygens (including phenoxy) is 2. The van der Waals surface area contributed by atoms with E-state index in [-0.39, 0.29) is 23.1 Å². The van der Waals surface area contributed by atoms with Crippen molar-refractivity contribution in [1.29, 1.82) is 0 Å². The molecule has 0 aromatic heterocycles. The molecule has 2 atom stereocenters. The molecule has 4 nitrogen and oxygen atoms in total. The van der Waals surface area contributed by atoms with Crippen LogP contribution < -0.4 is 4.74 Å². The fraction of sp³-hybridized carbons (Fsp3) is 0.533. The van der Waals surface area contributed by atoms with Gasteiger partial charge in [-0.1, -0.05) is 13.0 Å². The van der Waals surface area contributed by atoms with E-state index in [1.165, 1.54) is 0 Å². The number of carbonyl (C=O) groups excluding carboxylic acids is 1. The molecule has 2 rings (SSSR count). The van der Waals surface area contributed by atoms with Crippen LogP contribution >= 0.6 is 0 Å². The molecule has 0 heterocycles. The van der Waals surface area contributed by atoms with E-state index < -0.39 is 0 Å². The van der Waals surface area contributed by atoms with Crippen LogP contribution in [0, 0.1) is 5.92 Å². The largest absolute Gasteiger partial charge is 0.508 e. The normalized spacial score (nSPS) is 24.9. The number of methoxy groups -OCH3 is 1. The predicted molar refractivity (Wildman–Crippen MR) is 71.4 cm³/mol. The number of carbonyl (C=O) groups is 1. The number of benzene rings is 1.